The molecule has 1 atom stereocenters. The van der Waals surface area contributed by atoms with Gasteiger partial charge in [0.25, 0.3) is 0 Å². The molecule has 0 aliphatic heterocycles. The summed E-state index contributed by atoms with van der Waals surface area (Å²) in [5, 5.41) is 1.12. The zero-order chi connectivity index (χ0) is 8.27. The molecule has 0 amide bonds. The maximum atomic E-state index is 6.00. The van der Waals surface area contributed by atoms with Crippen LogP contribution in [0, 0.1) is 0 Å². The molecule has 2 heteroatoms. The lowest BCUT2D eigenvalue weighted by molar-refractivity contribution is 1.65. The second-order valence-corrected chi connectivity index (χ2v) is 6.40. The monoisotopic (exact) mass is 182 g/mol. The standard InChI is InChI=1S/C9H11ClSi/c1-8(11(2)10)9-6-4-3-5-7-9/h3-7,11H,1H2,2H3. The van der Waals surface area contributed by atoms with Crippen molar-refractivity contribution in [2.75, 3.05) is 0 Å². The van der Waals surface area contributed by atoms with Crippen molar-refractivity contribution in [1.29, 1.82) is 0 Å². The van der Waals surface area contributed by atoms with Crippen molar-refractivity contribution in [3.05, 3.63) is 42.5 Å². The number of benzene rings is 1. The van der Waals surface area contributed by atoms with Gasteiger partial charge in [0.1, 0.15) is 0 Å². The van der Waals surface area contributed by atoms with Crippen LogP contribution < -0.4 is 0 Å². The van der Waals surface area contributed by atoms with Crippen LogP contribution in [0.3, 0.4) is 0 Å². The van der Waals surface area contributed by atoms with E-state index in [9.17, 15) is 0 Å². The highest BCUT2D eigenvalue weighted by Crippen LogP contribution is 2.16. The number of rotatable bonds is 2. The fraction of sp³-hybridized carbons (Fsp3) is 0.111. The topological polar surface area (TPSA) is 0 Å². The lowest BCUT2D eigenvalue weighted by Crippen LogP contribution is -1.99. The van der Waals surface area contributed by atoms with Crippen LogP contribution in [0.1, 0.15) is 5.56 Å². The van der Waals surface area contributed by atoms with E-state index in [1.54, 1.807) is 0 Å². The Morgan fingerprint density at radius 2 is 1.91 bits per heavy atom. The second kappa shape index (κ2) is 3.74. The summed E-state index contributed by atoms with van der Waals surface area (Å²) < 4.78 is 0. The highest BCUT2D eigenvalue weighted by molar-refractivity contribution is 7.16. The molecule has 0 aliphatic rings. The average molecular weight is 183 g/mol. The van der Waals surface area contributed by atoms with Gasteiger partial charge in [-0.05, 0) is 10.8 Å². The molecule has 0 aromatic heterocycles. The fourth-order valence-corrected chi connectivity index (χ4v) is 1.91. The highest BCUT2D eigenvalue weighted by atomic mass is 35.6. The molecule has 0 heterocycles. The molecule has 11 heavy (non-hydrogen) atoms. The molecular weight excluding hydrogens is 172 g/mol. The average Bonchev–Trinajstić information content (AvgIpc) is 2.05. The van der Waals surface area contributed by atoms with Gasteiger partial charge in [-0.15, -0.1) is 0 Å². The van der Waals surface area contributed by atoms with Crippen molar-refractivity contribution in [2.45, 2.75) is 6.55 Å². The summed E-state index contributed by atoms with van der Waals surface area (Å²) in [6.45, 7) is 6.02. The maximum Gasteiger partial charge on any atom is 0.168 e. The van der Waals surface area contributed by atoms with Crippen LogP contribution in [-0.4, -0.2) is 8.11 Å². The largest absolute Gasteiger partial charge is 0.168 e. The summed E-state index contributed by atoms with van der Waals surface area (Å²) in [5.74, 6) is 0. The van der Waals surface area contributed by atoms with Gasteiger partial charge >= 0.3 is 0 Å². The van der Waals surface area contributed by atoms with Gasteiger partial charge in [-0.25, -0.2) is 0 Å². The molecule has 1 unspecified atom stereocenters. The molecule has 0 bridgehead atoms. The predicted octanol–water partition coefficient (Wildman–Crippen LogP) is 2.83. The first kappa shape index (κ1) is 8.56. The van der Waals surface area contributed by atoms with Crippen LogP contribution in [0.15, 0.2) is 36.9 Å². The Kier molecular flexibility index (Phi) is 2.91. The molecule has 0 radical (unpaired) electrons. The first-order chi connectivity index (χ1) is 5.22. The van der Waals surface area contributed by atoms with Crippen LogP contribution in [0.25, 0.3) is 5.20 Å². The van der Waals surface area contributed by atoms with E-state index in [1.165, 1.54) is 5.56 Å². The minimum Gasteiger partial charge on any atom is -0.166 e. The molecular formula is C9H11ClSi. The minimum atomic E-state index is -1.21. The Bertz CT molecular complexity index is 241. The Hall–Kier alpha value is -0.533. The van der Waals surface area contributed by atoms with E-state index in [0.717, 1.165) is 5.20 Å². The zero-order valence-corrected chi connectivity index (χ0v) is 8.46. The van der Waals surface area contributed by atoms with Gasteiger partial charge in [-0.2, -0.15) is 11.1 Å². The first-order valence-electron chi connectivity index (χ1n) is 3.60. The van der Waals surface area contributed by atoms with Crippen molar-refractivity contribution < 1.29 is 0 Å². The molecule has 0 nitrogen and oxygen atoms in total. The maximum absolute atomic E-state index is 6.00. The molecule has 0 fully saturated rings. The smallest absolute Gasteiger partial charge is 0.166 e. The van der Waals surface area contributed by atoms with E-state index in [2.05, 4.69) is 13.1 Å². The van der Waals surface area contributed by atoms with Gasteiger partial charge < -0.3 is 0 Å². The fourth-order valence-electron chi connectivity index (χ4n) is 0.882. The van der Waals surface area contributed by atoms with Gasteiger partial charge in [0, 0.05) is 0 Å². The second-order valence-electron chi connectivity index (χ2n) is 2.51. The van der Waals surface area contributed by atoms with Crippen LogP contribution in [0.5, 0.6) is 0 Å². The summed E-state index contributed by atoms with van der Waals surface area (Å²) in [4.78, 5) is 0. The molecule has 1 rings (SSSR count). The van der Waals surface area contributed by atoms with Crippen LogP contribution >= 0.6 is 11.1 Å². The zero-order valence-electron chi connectivity index (χ0n) is 6.55. The van der Waals surface area contributed by atoms with E-state index >= 15 is 0 Å². The van der Waals surface area contributed by atoms with Crippen molar-refractivity contribution in [2.24, 2.45) is 0 Å². The third kappa shape index (κ3) is 2.21. The third-order valence-corrected chi connectivity index (χ3v) is 3.71. The number of hydrogen-bond donors (Lipinski definition) is 0. The van der Waals surface area contributed by atoms with E-state index in [1.807, 2.05) is 30.3 Å². The van der Waals surface area contributed by atoms with Crippen molar-refractivity contribution in [3.63, 3.8) is 0 Å². The number of hydrogen-bond acceptors (Lipinski definition) is 0. The number of halogens is 1. The van der Waals surface area contributed by atoms with E-state index < -0.39 is 8.11 Å². The molecule has 1 aromatic carbocycles. The molecule has 58 valence electrons. The SMILES string of the molecule is C=C(c1ccccc1)[SiH](C)Cl. The van der Waals surface area contributed by atoms with Gasteiger partial charge in [-0.3, -0.25) is 0 Å². The Balaban J connectivity index is 2.86. The molecule has 0 aliphatic carbocycles. The van der Waals surface area contributed by atoms with Gasteiger partial charge in [0.05, 0.1) is 0 Å². The van der Waals surface area contributed by atoms with Crippen LogP contribution in [-0.2, 0) is 0 Å². The normalized spacial score (nSPS) is 12.5. The van der Waals surface area contributed by atoms with Crippen molar-refractivity contribution >= 4 is 24.4 Å². The molecule has 0 saturated carbocycles. The highest BCUT2D eigenvalue weighted by Gasteiger charge is 2.05. The predicted molar refractivity (Wildman–Crippen MR) is 54.3 cm³/mol. The van der Waals surface area contributed by atoms with E-state index in [0.29, 0.717) is 0 Å². The van der Waals surface area contributed by atoms with Crippen LogP contribution in [0.2, 0.25) is 6.55 Å². The third-order valence-electron chi connectivity index (χ3n) is 1.62. The molecule has 1 aromatic rings. The molecule has 0 spiro atoms. The Morgan fingerprint density at radius 1 is 1.36 bits per heavy atom. The summed E-state index contributed by atoms with van der Waals surface area (Å²) in [7, 11) is -1.21. The van der Waals surface area contributed by atoms with E-state index in [-0.39, 0.29) is 0 Å². The quantitative estimate of drug-likeness (QED) is 0.488. The molecule has 0 saturated heterocycles. The van der Waals surface area contributed by atoms with Gasteiger partial charge in [-0.1, -0.05) is 43.5 Å². The van der Waals surface area contributed by atoms with Gasteiger partial charge in [0.2, 0.25) is 0 Å². The minimum absolute atomic E-state index is 1.12. The Labute approximate surface area is 73.8 Å². The van der Waals surface area contributed by atoms with Gasteiger partial charge in [0.15, 0.2) is 8.11 Å². The molecule has 0 N–H and O–H groups in total. The summed E-state index contributed by atoms with van der Waals surface area (Å²) in [6.07, 6.45) is 0. The van der Waals surface area contributed by atoms with Crippen molar-refractivity contribution in [1.82, 2.24) is 0 Å². The summed E-state index contributed by atoms with van der Waals surface area (Å²) in [5.41, 5.74) is 1.18. The van der Waals surface area contributed by atoms with Crippen molar-refractivity contribution in [3.8, 4) is 0 Å². The summed E-state index contributed by atoms with van der Waals surface area (Å²) in [6, 6.07) is 10.1. The summed E-state index contributed by atoms with van der Waals surface area (Å²) >= 11 is 6.00. The lowest BCUT2D eigenvalue weighted by Gasteiger charge is -2.04. The van der Waals surface area contributed by atoms with Crippen LogP contribution in [0.4, 0.5) is 0 Å². The lowest BCUT2D eigenvalue weighted by atomic mass is 10.2. The van der Waals surface area contributed by atoms with E-state index in [4.69, 9.17) is 11.1 Å². The first-order valence-corrected chi connectivity index (χ1v) is 7.08. The Morgan fingerprint density at radius 3 is 2.36 bits per heavy atom.